The lowest BCUT2D eigenvalue weighted by molar-refractivity contribution is -0.138. The summed E-state index contributed by atoms with van der Waals surface area (Å²) >= 11 is 0. The molecule has 0 aliphatic carbocycles. The molecule has 2 N–H and O–H groups in total. The number of halogens is 3. The van der Waals surface area contributed by atoms with Crippen molar-refractivity contribution in [2.45, 2.75) is 32.7 Å². The topological polar surface area (TPSA) is 35.5 Å². The number of likely N-dealkylation sites (N-methyl/N-ethyl adjacent to an activating group) is 1. The zero-order valence-corrected chi connectivity index (χ0v) is 12.0. The number of nitrogens with zero attached hydrogens (tertiary/aromatic N) is 1. The van der Waals surface area contributed by atoms with Crippen molar-refractivity contribution in [2.75, 3.05) is 25.0 Å². The first-order chi connectivity index (χ1) is 9.25. The lowest BCUT2D eigenvalue weighted by Crippen LogP contribution is -2.27. The minimum absolute atomic E-state index is 0.186. The van der Waals surface area contributed by atoms with E-state index in [2.05, 4.69) is 5.32 Å². The van der Waals surface area contributed by atoms with E-state index >= 15 is 0 Å². The first-order valence-electron chi connectivity index (χ1n) is 6.55. The summed E-state index contributed by atoms with van der Waals surface area (Å²) in [5.74, 6) is 0. The molecule has 6 heteroatoms. The molecule has 0 spiro atoms. The van der Waals surface area contributed by atoms with E-state index in [1.807, 2.05) is 6.92 Å². The predicted octanol–water partition coefficient (Wildman–Crippen LogP) is 2.63. The van der Waals surface area contributed by atoms with E-state index in [0.29, 0.717) is 12.2 Å². The Balaban J connectivity index is 3.07. The summed E-state index contributed by atoms with van der Waals surface area (Å²) in [5.41, 5.74) is 0.0420. The molecule has 0 radical (unpaired) electrons. The van der Waals surface area contributed by atoms with Gasteiger partial charge in [-0.1, -0.05) is 13.0 Å². The van der Waals surface area contributed by atoms with Crippen LogP contribution in [0.4, 0.5) is 18.9 Å². The molecule has 0 aliphatic heterocycles. The largest absolute Gasteiger partial charge is 0.416 e. The van der Waals surface area contributed by atoms with Crippen LogP contribution in [-0.2, 0) is 12.7 Å². The highest BCUT2D eigenvalue weighted by Crippen LogP contribution is 2.34. The van der Waals surface area contributed by atoms with E-state index < -0.39 is 17.8 Å². The summed E-state index contributed by atoms with van der Waals surface area (Å²) in [6.07, 6.45) is -4.98. The number of nitrogens with one attached hydrogen (secondary N) is 1. The maximum atomic E-state index is 13.1. The minimum atomic E-state index is -4.38. The van der Waals surface area contributed by atoms with Crippen molar-refractivity contribution >= 4 is 5.69 Å². The average molecular weight is 290 g/mol. The van der Waals surface area contributed by atoms with Gasteiger partial charge in [-0.05, 0) is 31.2 Å². The molecule has 1 aromatic carbocycles. The van der Waals surface area contributed by atoms with Crippen molar-refractivity contribution in [3.05, 3.63) is 29.3 Å². The Morgan fingerprint density at radius 1 is 1.35 bits per heavy atom. The van der Waals surface area contributed by atoms with Crippen LogP contribution in [0.25, 0.3) is 0 Å². The van der Waals surface area contributed by atoms with Gasteiger partial charge in [0, 0.05) is 25.8 Å². The molecule has 0 saturated heterocycles. The van der Waals surface area contributed by atoms with Crippen molar-refractivity contribution in [2.24, 2.45) is 0 Å². The summed E-state index contributed by atoms with van der Waals surface area (Å²) in [6.45, 7) is 4.52. The maximum absolute atomic E-state index is 13.1. The number of aliphatic hydroxyl groups is 1. The third-order valence-electron chi connectivity index (χ3n) is 2.94. The van der Waals surface area contributed by atoms with Gasteiger partial charge in [0.25, 0.3) is 0 Å². The Morgan fingerprint density at radius 3 is 2.50 bits per heavy atom. The van der Waals surface area contributed by atoms with Gasteiger partial charge in [-0.2, -0.15) is 13.2 Å². The summed E-state index contributed by atoms with van der Waals surface area (Å²) < 4.78 is 39.3. The summed E-state index contributed by atoms with van der Waals surface area (Å²) in [4.78, 5) is 1.61. The Kier molecular flexibility index (Phi) is 5.83. The SMILES string of the molecule is CCNCc1ccc(N(C)CC(C)O)cc1C(F)(F)F. The van der Waals surface area contributed by atoms with E-state index in [4.69, 9.17) is 0 Å². The number of rotatable bonds is 6. The van der Waals surface area contributed by atoms with Gasteiger partial charge in [0.2, 0.25) is 0 Å². The number of alkyl halides is 3. The van der Waals surface area contributed by atoms with Crippen LogP contribution in [0.15, 0.2) is 18.2 Å². The summed E-state index contributed by atoms with van der Waals surface area (Å²) in [5, 5.41) is 12.2. The fraction of sp³-hybridized carbons (Fsp3) is 0.571. The normalized spacial score (nSPS) is 13.3. The van der Waals surface area contributed by atoms with Crippen LogP contribution < -0.4 is 10.2 Å². The van der Waals surface area contributed by atoms with Crippen LogP contribution in [0.2, 0.25) is 0 Å². The minimum Gasteiger partial charge on any atom is -0.392 e. The maximum Gasteiger partial charge on any atom is 0.416 e. The molecule has 0 heterocycles. The molecule has 1 unspecified atom stereocenters. The van der Waals surface area contributed by atoms with Gasteiger partial charge in [-0.3, -0.25) is 0 Å². The standard InChI is InChI=1S/C14H21F3N2O/c1-4-18-8-11-5-6-12(19(3)9-10(2)20)7-13(11)14(15,16)17/h5-7,10,18,20H,4,8-9H2,1-3H3. The first kappa shape index (κ1) is 16.8. The van der Waals surface area contributed by atoms with Crippen molar-refractivity contribution in [3.63, 3.8) is 0 Å². The fourth-order valence-corrected chi connectivity index (χ4v) is 1.98. The average Bonchev–Trinajstić information content (AvgIpc) is 2.34. The molecule has 1 rings (SSSR count). The highest BCUT2D eigenvalue weighted by atomic mass is 19.4. The second-order valence-electron chi connectivity index (χ2n) is 4.85. The molecule has 114 valence electrons. The second kappa shape index (κ2) is 6.95. The third-order valence-corrected chi connectivity index (χ3v) is 2.94. The smallest absolute Gasteiger partial charge is 0.392 e. The first-order valence-corrected chi connectivity index (χ1v) is 6.55. The molecule has 20 heavy (non-hydrogen) atoms. The van der Waals surface area contributed by atoms with Gasteiger partial charge >= 0.3 is 6.18 Å². The van der Waals surface area contributed by atoms with Gasteiger partial charge < -0.3 is 15.3 Å². The van der Waals surface area contributed by atoms with Gasteiger partial charge in [0.05, 0.1) is 11.7 Å². The lowest BCUT2D eigenvalue weighted by Gasteiger charge is -2.23. The molecule has 0 bridgehead atoms. The Bertz CT molecular complexity index is 433. The zero-order valence-electron chi connectivity index (χ0n) is 12.0. The lowest BCUT2D eigenvalue weighted by atomic mass is 10.1. The molecule has 0 aromatic heterocycles. The number of hydrogen-bond acceptors (Lipinski definition) is 3. The highest BCUT2D eigenvalue weighted by molar-refractivity contribution is 5.51. The Morgan fingerprint density at radius 2 is 2.00 bits per heavy atom. The van der Waals surface area contributed by atoms with Gasteiger partial charge in [0.15, 0.2) is 0 Å². The van der Waals surface area contributed by atoms with E-state index in [-0.39, 0.29) is 18.7 Å². The van der Waals surface area contributed by atoms with E-state index in [9.17, 15) is 18.3 Å². The monoisotopic (exact) mass is 290 g/mol. The molecule has 0 fully saturated rings. The fourth-order valence-electron chi connectivity index (χ4n) is 1.98. The number of aliphatic hydroxyl groups excluding tert-OH is 1. The van der Waals surface area contributed by atoms with Crippen molar-refractivity contribution in [1.82, 2.24) is 5.32 Å². The molecular formula is C14H21F3N2O. The van der Waals surface area contributed by atoms with Crippen molar-refractivity contribution in [1.29, 1.82) is 0 Å². The molecule has 0 saturated carbocycles. The number of hydrogen-bond donors (Lipinski definition) is 2. The van der Waals surface area contributed by atoms with E-state index in [1.165, 1.54) is 6.07 Å². The van der Waals surface area contributed by atoms with E-state index in [1.54, 1.807) is 24.9 Å². The zero-order chi connectivity index (χ0) is 15.3. The Hall–Kier alpha value is -1.27. The van der Waals surface area contributed by atoms with Crippen LogP contribution >= 0.6 is 0 Å². The van der Waals surface area contributed by atoms with Crippen molar-refractivity contribution in [3.8, 4) is 0 Å². The van der Waals surface area contributed by atoms with Crippen LogP contribution in [0, 0.1) is 0 Å². The summed E-state index contributed by atoms with van der Waals surface area (Å²) in [7, 11) is 1.66. The third kappa shape index (κ3) is 4.68. The highest BCUT2D eigenvalue weighted by Gasteiger charge is 2.33. The van der Waals surface area contributed by atoms with Gasteiger partial charge in [0.1, 0.15) is 0 Å². The van der Waals surface area contributed by atoms with Crippen LogP contribution in [0.3, 0.4) is 0 Å². The van der Waals surface area contributed by atoms with Gasteiger partial charge in [-0.15, -0.1) is 0 Å². The number of benzene rings is 1. The summed E-state index contributed by atoms with van der Waals surface area (Å²) in [6, 6.07) is 4.26. The van der Waals surface area contributed by atoms with Crippen molar-refractivity contribution < 1.29 is 18.3 Å². The molecule has 3 nitrogen and oxygen atoms in total. The van der Waals surface area contributed by atoms with Gasteiger partial charge in [-0.25, -0.2) is 0 Å². The van der Waals surface area contributed by atoms with Crippen LogP contribution in [0.1, 0.15) is 25.0 Å². The molecule has 0 amide bonds. The van der Waals surface area contributed by atoms with E-state index in [0.717, 1.165) is 6.07 Å². The second-order valence-corrected chi connectivity index (χ2v) is 4.85. The molecule has 0 aliphatic rings. The quantitative estimate of drug-likeness (QED) is 0.845. The predicted molar refractivity (Wildman–Crippen MR) is 73.8 cm³/mol. The van der Waals surface area contributed by atoms with Crippen LogP contribution in [0.5, 0.6) is 0 Å². The molecular weight excluding hydrogens is 269 g/mol. The molecule has 1 atom stereocenters. The number of anilines is 1. The molecule has 1 aromatic rings. The van der Waals surface area contributed by atoms with Crippen LogP contribution in [-0.4, -0.2) is 31.3 Å². The Labute approximate surface area is 117 Å².